The third kappa shape index (κ3) is 2.98. The molecular formula is C14H25N5S. The molecule has 0 amide bonds. The van der Waals surface area contributed by atoms with E-state index in [1.165, 1.54) is 43.8 Å². The average Bonchev–Trinajstić information content (AvgIpc) is 2.78. The Morgan fingerprint density at radius 2 is 2.20 bits per heavy atom. The molecule has 0 radical (unpaired) electrons. The second-order valence-corrected chi connectivity index (χ2v) is 7.27. The van der Waals surface area contributed by atoms with E-state index in [2.05, 4.69) is 27.1 Å². The van der Waals surface area contributed by atoms with Gasteiger partial charge in [0.15, 0.2) is 5.13 Å². The number of piperidine rings is 1. The topological polar surface area (TPSA) is 57.4 Å². The first-order valence-corrected chi connectivity index (χ1v) is 8.34. The van der Waals surface area contributed by atoms with Gasteiger partial charge in [-0.3, -0.25) is 9.80 Å². The molecule has 2 aliphatic heterocycles. The molecule has 112 valence electrons. The van der Waals surface area contributed by atoms with Crippen molar-refractivity contribution in [1.82, 2.24) is 20.1 Å². The van der Waals surface area contributed by atoms with E-state index < -0.39 is 0 Å². The van der Waals surface area contributed by atoms with Crippen molar-refractivity contribution in [2.75, 3.05) is 45.5 Å². The number of nitrogens with two attached hydrogens (primary N) is 1. The van der Waals surface area contributed by atoms with E-state index in [4.69, 9.17) is 5.73 Å². The Bertz CT molecular complexity index is 441. The van der Waals surface area contributed by atoms with Crippen LogP contribution in [0.15, 0.2) is 6.20 Å². The summed E-state index contributed by atoms with van der Waals surface area (Å²) in [7, 11) is 2.31. The predicted octanol–water partition coefficient (Wildman–Crippen LogP) is 0.985. The minimum atomic E-state index is 0.359. The minimum absolute atomic E-state index is 0.359. The number of nitrogens with zero attached hydrogens (tertiary/aromatic N) is 3. The number of thiazole rings is 1. The van der Waals surface area contributed by atoms with Crippen molar-refractivity contribution in [3.8, 4) is 0 Å². The van der Waals surface area contributed by atoms with Gasteiger partial charge in [-0.2, -0.15) is 0 Å². The van der Waals surface area contributed by atoms with Gasteiger partial charge in [-0.25, -0.2) is 4.98 Å². The summed E-state index contributed by atoms with van der Waals surface area (Å²) in [5, 5.41) is 4.18. The van der Waals surface area contributed by atoms with Crippen LogP contribution in [0.5, 0.6) is 0 Å². The standard InChI is InChI=1S/C14H25N5S/c1-18-7-2-8-19(10-12-9-17-13(15)20-12)11-14(18)3-5-16-6-4-14/h9,16H,2-8,10-11H2,1H3,(H2,15,17). The highest BCUT2D eigenvalue weighted by Crippen LogP contribution is 2.30. The van der Waals surface area contributed by atoms with Crippen molar-refractivity contribution in [3.63, 3.8) is 0 Å². The second kappa shape index (κ2) is 5.97. The van der Waals surface area contributed by atoms with Crippen LogP contribution in [0.25, 0.3) is 0 Å². The summed E-state index contributed by atoms with van der Waals surface area (Å²) in [5.41, 5.74) is 6.10. The lowest BCUT2D eigenvalue weighted by atomic mass is 9.86. The van der Waals surface area contributed by atoms with Crippen LogP contribution in [0.4, 0.5) is 5.13 Å². The monoisotopic (exact) mass is 295 g/mol. The summed E-state index contributed by atoms with van der Waals surface area (Å²) < 4.78 is 0. The SMILES string of the molecule is CN1CCCN(Cc2cnc(N)s2)CC12CCNCC2. The first-order chi connectivity index (χ1) is 9.68. The first kappa shape index (κ1) is 14.3. The Morgan fingerprint density at radius 3 is 2.90 bits per heavy atom. The molecule has 2 aliphatic rings. The van der Waals surface area contributed by atoms with Gasteiger partial charge in [-0.05, 0) is 52.5 Å². The van der Waals surface area contributed by atoms with Crippen LogP contribution in [0.1, 0.15) is 24.1 Å². The number of aromatic nitrogens is 1. The van der Waals surface area contributed by atoms with Crippen molar-refractivity contribution < 1.29 is 0 Å². The molecule has 0 aliphatic carbocycles. The number of hydrogen-bond acceptors (Lipinski definition) is 6. The summed E-state index contributed by atoms with van der Waals surface area (Å²) in [6.45, 7) is 6.84. The summed E-state index contributed by atoms with van der Waals surface area (Å²) in [5.74, 6) is 0. The van der Waals surface area contributed by atoms with Crippen LogP contribution in [0.3, 0.4) is 0 Å². The fraction of sp³-hybridized carbons (Fsp3) is 0.786. The highest BCUT2D eigenvalue weighted by molar-refractivity contribution is 7.15. The zero-order chi connectivity index (χ0) is 14.0. The van der Waals surface area contributed by atoms with E-state index in [1.807, 2.05) is 6.20 Å². The van der Waals surface area contributed by atoms with Gasteiger partial charge in [0.2, 0.25) is 0 Å². The van der Waals surface area contributed by atoms with Crippen LogP contribution < -0.4 is 11.1 Å². The fourth-order valence-electron chi connectivity index (χ4n) is 3.57. The van der Waals surface area contributed by atoms with E-state index in [9.17, 15) is 0 Å². The summed E-state index contributed by atoms with van der Waals surface area (Å²) >= 11 is 1.62. The number of anilines is 1. The average molecular weight is 295 g/mol. The fourth-order valence-corrected chi connectivity index (χ4v) is 4.29. The Kier molecular flexibility index (Phi) is 4.26. The van der Waals surface area contributed by atoms with Crippen LogP contribution in [0.2, 0.25) is 0 Å². The first-order valence-electron chi connectivity index (χ1n) is 7.52. The van der Waals surface area contributed by atoms with Gasteiger partial charge in [-0.1, -0.05) is 0 Å². The molecule has 2 saturated heterocycles. The molecule has 0 aromatic carbocycles. The minimum Gasteiger partial charge on any atom is -0.375 e. The quantitative estimate of drug-likeness (QED) is 0.852. The molecule has 3 N–H and O–H groups in total. The number of hydrogen-bond donors (Lipinski definition) is 2. The third-order valence-electron chi connectivity index (χ3n) is 4.78. The van der Waals surface area contributed by atoms with Crippen LogP contribution >= 0.6 is 11.3 Å². The molecule has 5 nitrogen and oxygen atoms in total. The van der Waals surface area contributed by atoms with Gasteiger partial charge in [0.05, 0.1) is 0 Å². The molecule has 3 heterocycles. The van der Waals surface area contributed by atoms with E-state index in [0.717, 1.165) is 19.6 Å². The van der Waals surface area contributed by atoms with E-state index in [0.29, 0.717) is 10.7 Å². The van der Waals surface area contributed by atoms with Gasteiger partial charge >= 0.3 is 0 Å². The van der Waals surface area contributed by atoms with Gasteiger partial charge in [0.1, 0.15) is 0 Å². The number of nitrogens with one attached hydrogen (secondary N) is 1. The second-order valence-electron chi connectivity index (χ2n) is 6.12. The Labute approximate surface area is 125 Å². The molecule has 1 aromatic heterocycles. The zero-order valence-corrected chi connectivity index (χ0v) is 13.1. The van der Waals surface area contributed by atoms with Gasteiger partial charge in [0.25, 0.3) is 0 Å². The molecule has 3 rings (SSSR count). The molecule has 1 spiro atoms. The smallest absolute Gasteiger partial charge is 0.180 e. The molecule has 2 fully saturated rings. The maximum absolute atomic E-state index is 5.75. The number of nitrogen functional groups attached to an aromatic ring is 1. The summed E-state index contributed by atoms with van der Waals surface area (Å²) in [6, 6.07) is 0. The lowest BCUT2D eigenvalue weighted by molar-refractivity contribution is 0.0640. The Hall–Kier alpha value is -0.690. The van der Waals surface area contributed by atoms with Crippen LogP contribution in [-0.4, -0.2) is 60.1 Å². The summed E-state index contributed by atoms with van der Waals surface area (Å²) in [6.07, 6.45) is 5.69. The van der Waals surface area contributed by atoms with E-state index in [-0.39, 0.29) is 0 Å². The molecule has 20 heavy (non-hydrogen) atoms. The van der Waals surface area contributed by atoms with Crippen molar-refractivity contribution >= 4 is 16.5 Å². The third-order valence-corrected chi connectivity index (χ3v) is 5.59. The normalized spacial score (nSPS) is 24.9. The predicted molar refractivity (Wildman–Crippen MR) is 83.9 cm³/mol. The number of rotatable bonds is 2. The van der Waals surface area contributed by atoms with Gasteiger partial charge in [-0.15, -0.1) is 11.3 Å². The zero-order valence-electron chi connectivity index (χ0n) is 12.3. The highest BCUT2D eigenvalue weighted by atomic mass is 32.1. The van der Waals surface area contributed by atoms with E-state index in [1.54, 1.807) is 11.3 Å². The maximum Gasteiger partial charge on any atom is 0.180 e. The summed E-state index contributed by atoms with van der Waals surface area (Å²) in [4.78, 5) is 10.7. The molecule has 0 atom stereocenters. The molecule has 0 bridgehead atoms. The lowest BCUT2D eigenvalue weighted by Crippen LogP contribution is -2.57. The van der Waals surface area contributed by atoms with Gasteiger partial charge in [0, 0.05) is 29.7 Å². The number of likely N-dealkylation sites (N-methyl/N-ethyl adjacent to an activating group) is 1. The van der Waals surface area contributed by atoms with Crippen molar-refractivity contribution in [2.45, 2.75) is 31.3 Å². The molecule has 1 aromatic rings. The Balaban J connectivity index is 1.71. The maximum atomic E-state index is 5.75. The van der Waals surface area contributed by atoms with Crippen LogP contribution in [0, 0.1) is 0 Å². The van der Waals surface area contributed by atoms with Gasteiger partial charge < -0.3 is 11.1 Å². The van der Waals surface area contributed by atoms with Crippen molar-refractivity contribution in [2.24, 2.45) is 0 Å². The molecule has 6 heteroatoms. The largest absolute Gasteiger partial charge is 0.375 e. The van der Waals surface area contributed by atoms with Crippen LogP contribution in [-0.2, 0) is 6.54 Å². The lowest BCUT2D eigenvalue weighted by Gasteiger charge is -2.45. The molecule has 0 saturated carbocycles. The van der Waals surface area contributed by atoms with E-state index >= 15 is 0 Å². The molecular weight excluding hydrogens is 270 g/mol. The molecule has 0 unspecified atom stereocenters. The van der Waals surface area contributed by atoms with Crippen molar-refractivity contribution in [1.29, 1.82) is 0 Å². The Morgan fingerprint density at radius 1 is 1.40 bits per heavy atom. The highest BCUT2D eigenvalue weighted by Gasteiger charge is 2.38. The van der Waals surface area contributed by atoms with Crippen molar-refractivity contribution in [3.05, 3.63) is 11.1 Å².